The lowest BCUT2D eigenvalue weighted by Gasteiger charge is -2.01. The number of hydrogen-bond acceptors (Lipinski definition) is 2. The third-order valence-electron chi connectivity index (χ3n) is 3.05. The normalized spacial score (nSPS) is 12.1. The molecule has 0 bridgehead atoms. The maximum Gasteiger partial charge on any atom is 0.123 e. The highest BCUT2D eigenvalue weighted by Crippen LogP contribution is 2.37. The van der Waals surface area contributed by atoms with Gasteiger partial charge in [-0.3, -0.25) is 0 Å². The van der Waals surface area contributed by atoms with Crippen LogP contribution in [0.4, 0.5) is 8.78 Å². The largest absolute Gasteiger partial charge is 0.396 e. The Morgan fingerprint density at radius 2 is 1.42 bits per heavy atom. The second kappa shape index (κ2) is 4.46. The van der Waals surface area contributed by atoms with Crippen molar-refractivity contribution in [2.75, 3.05) is 6.61 Å². The number of halogens is 2. The Kier molecular flexibility index (Phi) is 2.78. The molecule has 0 heterocycles. The molecule has 2 aromatic rings. The fourth-order valence-corrected chi connectivity index (χ4v) is 2.27. The van der Waals surface area contributed by atoms with Crippen molar-refractivity contribution in [3.05, 3.63) is 59.2 Å². The van der Waals surface area contributed by atoms with Crippen LogP contribution in [0.2, 0.25) is 0 Å². The lowest BCUT2D eigenvalue weighted by Crippen LogP contribution is -2.00. The van der Waals surface area contributed by atoms with Crippen LogP contribution in [0.3, 0.4) is 0 Å². The first-order valence-electron chi connectivity index (χ1n) is 6.01. The molecule has 2 aromatic carbocycles. The van der Waals surface area contributed by atoms with Crippen LogP contribution < -0.4 is 0 Å². The van der Waals surface area contributed by atoms with Gasteiger partial charge in [-0.1, -0.05) is 17.3 Å². The van der Waals surface area contributed by atoms with E-state index >= 15 is 0 Å². The van der Waals surface area contributed by atoms with E-state index in [1.807, 2.05) is 0 Å². The Bertz CT molecular complexity index is 626. The van der Waals surface area contributed by atoms with Crippen molar-refractivity contribution in [1.29, 1.82) is 0 Å². The Morgan fingerprint density at radius 3 is 1.89 bits per heavy atom. The number of hydrogen-bond donors (Lipinski definition) is 0. The van der Waals surface area contributed by atoms with E-state index in [1.165, 1.54) is 24.3 Å². The first-order chi connectivity index (χ1) is 9.20. The summed E-state index contributed by atoms with van der Waals surface area (Å²) in [5.74, 6) is -0.701. The van der Waals surface area contributed by atoms with E-state index in [-0.39, 0.29) is 11.6 Å². The summed E-state index contributed by atoms with van der Waals surface area (Å²) in [4.78, 5) is 5.05. The van der Waals surface area contributed by atoms with E-state index in [4.69, 9.17) is 4.84 Å². The van der Waals surface area contributed by atoms with Gasteiger partial charge in [-0.05, 0) is 42.3 Å². The maximum atomic E-state index is 13.4. The van der Waals surface area contributed by atoms with Crippen molar-refractivity contribution in [3.63, 3.8) is 0 Å². The van der Waals surface area contributed by atoms with E-state index < -0.39 is 0 Å². The fourth-order valence-electron chi connectivity index (χ4n) is 2.27. The molecule has 3 rings (SSSR count). The molecule has 4 heteroatoms. The molecule has 0 spiro atoms. The molecule has 0 saturated carbocycles. The lowest BCUT2D eigenvalue weighted by molar-refractivity contribution is 0.159. The number of nitrogens with zero attached hydrogens (tertiary/aromatic N) is 1. The Balaban J connectivity index is 2.26. The van der Waals surface area contributed by atoms with Crippen molar-refractivity contribution in [1.82, 2.24) is 0 Å². The molecule has 0 atom stereocenters. The molecule has 0 aliphatic heterocycles. The minimum atomic E-state index is -0.351. The predicted octanol–water partition coefficient (Wildman–Crippen LogP) is 3.73. The summed E-state index contributed by atoms with van der Waals surface area (Å²) in [6.07, 6.45) is 0. The van der Waals surface area contributed by atoms with Crippen LogP contribution >= 0.6 is 0 Å². The summed E-state index contributed by atoms with van der Waals surface area (Å²) < 4.78 is 26.8. The Morgan fingerprint density at radius 1 is 0.895 bits per heavy atom. The number of oxime groups is 1. The molecule has 0 fully saturated rings. The smallest absolute Gasteiger partial charge is 0.123 e. The molecule has 0 amide bonds. The molecule has 2 nitrogen and oxygen atoms in total. The zero-order valence-electron chi connectivity index (χ0n) is 10.3. The monoisotopic (exact) mass is 259 g/mol. The van der Waals surface area contributed by atoms with Crippen LogP contribution in [-0.4, -0.2) is 12.3 Å². The highest BCUT2D eigenvalue weighted by Gasteiger charge is 2.26. The highest BCUT2D eigenvalue weighted by molar-refractivity contribution is 6.24. The fraction of sp³-hybridized carbons (Fsp3) is 0.133. The van der Waals surface area contributed by atoms with E-state index in [1.54, 1.807) is 19.1 Å². The SMILES string of the molecule is CCON=C1c2cc(F)ccc2-c2ccc(F)cc21. The summed E-state index contributed by atoms with van der Waals surface area (Å²) in [7, 11) is 0. The van der Waals surface area contributed by atoms with Crippen molar-refractivity contribution in [3.8, 4) is 11.1 Å². The third kappa shape index (κ3) is 1.89. The summed E-state index contributed by atoms with van der Waals surface area (Å²) in [5.41, 5.74) is 3.43. The van der Waals surface area contributed by atoms with Gasteiger partial charge >= 0.3 is 0 Å². The molecule has 19 heavy (non-hydrogen) atoms. The van der Waals surface area contributed by atoms with Gasteiger partial charge in [0.05, 0.1) is 0 Å². The topological polar surface area (TPSA) is 21.6 Å². The molecular weight excluding hydrogens is 248 g/mol. The van der Waals surface area contributed by atoms with Crippen molar-refractivity contribution in [2.45, 2.75) is 6.92 Å². The maximum absolute atomic E-state index is 13.4. The minimum absolute atomic E-state index is 0.351. The standard InChI is InChI=1S/C15H11F2NO/c1-2-19-18-15-13-7-9(16)3-5-11(13)12-6-4-10(17)8-14(12)15/h3-8H,2H2,1H3. The van der Waals surface area contributed by atoms with Crippen molar-refractivity contribution < 1.29 is 13.6 Å². The predicted molar refractivity (Wildman–Crippen MR) is 69.1 cm³/mol. The van der Waals surface area contributed by atoms with Gasteiger partial charge in [-0.25, -0.2) is 8.78 Å². The van der Waals surface area contributed by atoms with Gasteiger partial charge in [0.2, 0.25) is 0 Å². The van der Waals surface area contributed by atoms with E-state index in [9.17, 15) is 8.78 Å². The van der Waals surface area contributed by atoms with Crippen LogP contribution in [0.1, 0.15) is 18.1 Å². The molecule has 1 aliphatic carbocycles. The summed E-state index contributed by atoms with van der Waals surface area (Å²) >= 11 is 0. The van der Waals surface area contributed by atoms with Crippen LogP contribution in [-0.2, 0) is 4.84 Å². The Hall–Kier alpha value is -2.23. The molecule has 0 N–H and O–H groups in total. The molecule has 1 aliphatic rings. The zero-order valence-corrected chi connectivity index (χ0v) is 10.3. The minimum Gasteiger partial charge on any atom is -0.396 e. The summed E-state index contributed by atoms with van der Waals surface area (Å²) in [5, 5.41) is 3.99. The van der Waals surface area contributed by atoms with Crippen LogP contribution in [0, 0.1) is 11.6 Å². The third-order valence-corrected chi connectivity index (χ3v) is 3.05. The average molecular weight is 259 g/mol. The first kappa shape index (κ1) is 11.8. The van der Waals surface area contributed by atoms with Gasteiger partial charge in [0, 0.05) is 11.1 Å². The summed E-state index contributed by atoms with van der Waals surface area (Å²) in [6, 6.07) is 8.91. The number of benzene rings is 2. The molecular formula is C15H11F2NO. The van der Waals surface area contributed by atoms with Gasteiger partial charge in [0.25, 0.3) is 0 Å². The second-order valence-electron chi connectivity index (χ2n) is 4.24. The molecule has 0 unspecified atom stereocenters. The Labute approximate surface area is 109 Å². The van der Waals surface area contributed by atoms with Gasteiger partial charge in [0.15, 0.2) is 0 Å². The average Bonchev–Trinajstić information content (AvgIpc) is 2.68. The molecule has 0 radical (unpaired) electrons. The lowest BCUT2D eigenvalue weighted by atomic mass is 10.1. The van der Waals surface area contributed by atoms with Crippen LogP contribution in [0.15, 0.2) is 41.6 Å². The van der Waals surface area contributed by atoms with Crippen molar-refractivity contribution in [2.24, 2.45) is 5.16 Å². The van der Waals surface area contributed by atoms with Crippen LogP contribution in [0.25, 0.3) is 11.1 Å². The molecule has 96 valence electrons. The highest BCUT2D eigenvalue weighted by atomic mass is 19.1. The van der Waals surface area contributed by atoms with Crippen molar-refractivity contribution >= 4 is 5.71 Å². The van der Waals surface area contributed by atoms with Gasteiger partial charge in [-0.15, -0.1) is 0 Å². The number of rotatable bonds is 2. The van der Waals surface area contributed by atoms with E-state index in [2.05, 4.69) is 5.16 Å². The molecule has 0 aromatic heterocycles. The van der Waals surface area contributed by atoms with E-state index in [0.717, 1.165) is 11.1 Å². The van der Waals surface area contributed by atoms with Gasteiger partial charge < -0.3 is 4.84 Å². The van der Waals surface area contributed by atoms with Gasteiger partial charge in [0.1, 0.15) is 24.0 Å². The van der Waals surface area contributed by atoms with Gasteiger partial charge in [-0.2, -0.15) is 0 Å². The van der Waals surface area contributed by atoms with Crippen LogP contribution in [0.5, 0.6) is 0 Å². The second-order valence-corrected chi connectivity index (χ2v) is 4.24. The summed E-state index contributed by atoms with van der Waals surface area (Å²) in [6.45, 7) is 2.21. The molecule has 0 saturated heterocycles. The van der Waals surface area contributed by atoms with E-state index in [0.29, 0.717) is 23.4 Å². The first-order valence-corrected chi connectivity index (χ1v) is 6.01. The number of fused-ring (bicyclic) bond motifs is 3. The zero-order chi connectivity index (χ0) is 13.4. The quantitative estimate of drug-likeness (QED) is 0.642.